The summed E-state index contributed by atoms with van der Waals surface area (Å²) in [5, 5.41) is 0.101. The summed E-state index contributed by atoms with van der Waals surface area (Å²) in [6, 6.07) is 0.00106. The molecule has 0 amide bonds. The van der Waals surface area contributed by atoms with E-state index < -0.39 is 10.0 Å². The largest absolute Gasteiger partial charge is 0.336 e. The second-order valence-electron chi connectivity index (χ2n) is 6.33. The average molecular weight is 316 g/mol. The van der Waals surface area contributed by atoms with Crippen LogP contribution in [0.25, 0.3) is 0 Å². The highest BCUT2D eigenvalue weighted by Crippen LogP contribution is 2.14. The minimum Gasteiger partial charge on any atom is -0.336 e. The Balaban J connectivity index is 2.73. The van der Waals surface area contributed by atoms with Gasteiger partial charge in [-0.3, -0.25) is 0 Å². The molecular weight excluding hydrogens is 288 g/mol. The van der Waals surface area contributed by atoms with Crippen molar-refractivity contribution in [1.82, 2.24) is 13.9 Å². The molecule has 0 aliphatic heterocycles. The molecule has 1 atom stereocenters. The Labute approximate surface area is 128 Å². The topological polar surface area (TPSA) is 81.2 Å². The summed E-state index contributed by atoms with van der Waals surface area (Å²) >= 11 is 0. The second-order valence-corrected chi connectivity index (χ2v) is 8.32. The number of nitrogens with zero attached hydrogens (tertiary/aromatic N) is 3. The van der Waals surface area contributed by atoms with Gasteiger partial charge in [0.05, 0.1) is 6.33 Å². The average Bonchev–Trinajstić information content (AvgIpc) is 2.83. The molecule has 1 unspecified atom stereocenters. The van der Waals surface area contributed by atoms with E-state index in [1.54, 1.807) is 19.6 Å². The van der Waals surface area contributed by atoms with E-state index in [4.69, 9.17) is 5.73 Å². The molecule has 21 heavy (non-hydrogen) atoms. The van der Waals surface area contributed by atoms with Gasteiger partial charge < -0.3 is 10.3 Å². The zero-order chi connectivity index (χ0) is 16.2. The van der Waals surface area contributed by atoms with Crippen LogP contribution in [-0.2, 0) is 16.6 Å². The van der Waals surface area contributed by atoms with Gasteiger partial charge in [-0.15, -0.1) is 0 Å². The molecule has 0 fully saturated rings. The fraction of sp³-hybridized carbons (Fsp3) is 0.786. The molecule has 0 bridgehead atoms. The molecule has 0 radical (unpaired) electrons. The first kappa shape index (κ1) is 18.1. The van der Waals surface area contributed by atoms with Gasteiger partial charge in [0.2, 0.25) is 0 Å². The molecule has 2 N–H and O–H groups in total. The van der Waals surface area contributed by atoms with E-state index in [0.29, 0.717) is 24.8 Å². The van der Waals surface area contributed by atoms with E-state index in [2.05, 4.69) is 18.8 Å². The third kappa shape index (κ3) is 5.09. The minimum absolute atomic E-state index is 0.00106. The van der Waals surface area contributed by atoms with Crippen LogP contribution in [0.1, 0.15) is 34.1 Å². The molecule has 6 nitrogen and oxygen atoms in total. The summed E-state index contributed by atoms with van der Waals surface area (Å²) in [4.78, 5) is 4.03. The Hall–Kier alpha value is -0.920. The van der Waals surface area contributed by atoms with Crippen molar-refractivity contribution in [2.24, 2.45) is 17.6 Å². The van der Waals surface area contributed by atoms with Crippen LogP contribution in [0.4, 0.5) is 0 Å². The van der Waals surface area contributed by atoms with Gasteiger partial charge in [0.15, 0.2) is 5.03 Å². The molecular formula is C14H28N4O2S. The lowest BCUT2D eigenvalue weighted by Gasteiger charge is -2.20. The zero-order valence-electron chi connectivity index (χ0n) is 13.7. The Morgan fingerprint density at radius 2 is 1.95 bits per heavy atom. The molecule has 122 valence electrons. The van der Waals surface area contributed by atoms with Crippen molar-refractivity contribution in [2.75, 3.05) is 13.6 Å². The number of rotatable bonds is 8. The SMILES string of the molecule is CC(C)Cn1cnc(S(=O)(=O)N(C)CCC(N)C(C)C)c1. The number of hydrogen-bond acceptors (Lipinski definition) is 4. The highest BCUT2D eigenvalue weighted by molar-refractivity contribution is 7.89. The summed E-state index contributed by atoms with van der Waals surface area (Å²) in [5.41, 5.74) is 5.96. The molecule has 0 aromatic carbocycles. The van der Waals surface area contributed by atoms with Crippen LogP contribution >= 0.6 is 0 Å². The number of aromatic nitrogens is 2. The standard InChI is InChI=1S/C14H28N4O2S/c1-11(2)8-18-9-14(16-10-18)21(19,20)17(5)7-6-13(15)12(3)4/h9-13H,6-8,15H2,1-5H3. The molecule has 1 rings (SSSR count). The Kier molecular flexibility index (Phi) is 6.37. The summed E-state index contributed by atoms with van der Waals surface area (Å²) < 4.78 is 28.0. The number of imidazole rings is 1. The molecule has 1 heterocycles. The van der Waals surface area contributed by atoms with E-state index in [1.165, 1.54) is 4.31 Å². The first-order valence-electron chi connectivity index (χ1n) is 7.38. The molecule has 0 saturated heterocycles. The summed E-state index contributed by atoms with van der Waals surface area (Å²) in [7, 11) is -1.96. The van der Waals surface area contributed by atoms with Crippen LogP contribution in [0.2, 0.25) is 0 Å². The molecule has 0 saturated carbocycles. The summed E-state index contributed by atoms with van der Waals surface area (Å²) in [6.07, 6.45) is 3.80. The monoisotopic (exact) mass is 316 g/mol. The van der Waals surface area contributed by atoms with E-state index in [0.717, 1.165) is 6.54 Å². The summed E-state index contributed by atoms with van der Waals surface area (Å²) in [5.74, 6) is 0.780. The number of hydrogen-bond donors (Lipinski definition) is 1. The van der Waals surface area contributed by atoms with E-state index in [1.807, 2.05) is 18.4 Å². The van der Waals surface area contributed by atoms with Gasteiger partial charge in [0.1, 0.15) is 0 Å². The molecule has 1 aromatic heterocycles. The predicted octanol–water partition coefficient (Wildman–Crippen LogP) is 1.53. The van der Waals surface area contributed by atoms with Crippen LogP contribution in [0.3, 0.4) is 0 Å². The van der Waals surface area contributed by atoms with E-state index >= 15 is 0 Å². The number of sulfonamides is 1. The maximum Gasteiger partial charge on any atom is 0.261 e. The molecule has 0 spiro atoms. The van der Waals surface area contributed by atoms with E-state index in [-0.39, 0.29) is 11.1 Å². The van der Waals surface area contributed by atoms with Crippen molar-refractivity contribution in [3.63, 3.8) is 0 Å². The normalized spacial score (nSPS) is 14.3. The van der Waals surface area contributed by atoms with Crippen molar-refractivity contribution in [1.29, 1.82) is 0 Å². The van der Waals surface area contributed by atoms with Crippen LogP contribution in [-0.4, -0.2) is 41.9 Å². The van der Waals surface area contributed by atoms with Gasteiger partial charge in [-0.2, -0.15) is 4.31 Å². The fourth-order valence-electron chi connectivity index (χ4n) is 1.94. The number of nitrogens with two attached hydrogens (primary N) is 1. The molecule has 0 aliphatic carbocycles. The lowest BCUT2D eigenvalue weighted by molar-refractivity contribution is 0.396. The quantitative estimate of drug-likeness (QED) is 0.788. The van der Waals surface area contributed by atoms with Crippen molar-refractivity contribution >= 4 is 10.0 Å². The summed E-state index contributed by atoms with van der Waals surface area (Å²) in [6.45, 7) is 9.38. The molecule has 7 heteroatoms. The molecule has 1 aromatic rings. The third-order valence-electron chi connectivity index (χ3n) is 3.49. The predicted molar refractivity (Wildman–Crippen MR) is 84.3 cm³/mol. The molecule has 0 aliphatic rings. The smallest absolute Gasteiger partial charge is 0.261 e. The Bertz CT molecular complexity index is 537. The zero-order valence-corrected chi connectivity index (χ0v) is 14.5. The first-order chi connectivity index (χ1) is 9.64. The van der Waals surface area contributed by atoms with Crippen molar-refractivity contribution in [2.45, 2.75) is 51.7 Å². The van der Waals surface area contributed by atoms with Crippen molar-refractivity contribution < 1.29 is 8.42 Å². The van der Waals surface area contributed by atoms with Gasteiger partial charge in [-0.1, -0.05) is 27.7 Å². The Morgan fingerprint density at radius 1 is 1.33 bits per heavy atom. The Morgan fingerprint density at radius 3 is 2.48 bits per heavy atom. The fourth-order valence-corrected chi connectivity index (χ4v) is 3.05. The van der Waals surface area contributed by atoms with Gasteiger partial charge >= 0.3 is 0 Å². The lowest BCUT2D eigenvalue weighted by Crippen LogP contribution is -2.34. The highest BCUT2D eigenvalue weighted by atomic mass is 32.2. The maximum absolute atomic E-state index is 12.4. The van der Waals surface area contributed by atoms with Crippen LogP contribution < -0.4 is 5.73 Å². The van der Waals surface area contributed by atoms with E-state index in [9.17, 15) is 8.42 Å². The lowest BCUT2D eigenvalue weighted by atomic mass is 10.0. The van der Waals surface area contributed by atoms with Crippen LogP contribution in [0.15, 0.2) is 17.6 Å². The maximum atomic E-state index is 12.4. The van der Waals surface area contributed by atoms with Gasteiger partial charge in [-0.25, -0.2) is 13.4 Å². The first-order valence-corrected chi connectivity index (χ1v) is 8.82. The second kappa shape index (κ2) is 7.38. The third-order valence-corrected chi connectivity index (χ3v) is 5.24. The minimum atomic E-state index is -3.53. The van der Waals surface area contributed by atoms with Crippen molar-refractivity contribution in [3.8, 4) is 0 Å². The van der Waals surface area contributed by atoms with Gasteiger partial charge in [0.25, 0.3) is 10.0 Å². The van der Waals surface area contributed by atoms with Gasteiger partial charge in [0, 0.05) is 32.4 Å². The van der Waals surface area contributed by atoms with Crippen LogP contribution in [0.5, 0.6) is 0 Å². The van der Waals surface area contributed by atoms with Gasteiger partial charge in [-0.05, 0) is 18.3 Å². The highest BCUT2D eigenvalue weighted by Gasteiger charge is 2.24. The van der Waals surface area contributed by atoms with Crippen molar-refractivity contribution in [3.05, 3.63) is 12.5 Å². The van der Waals surface area contributed by atoms with Crippen LogP contribution in [0, 0.1) is 11.8 Å².